The lowest BCUT2D eigenvalue weighted by Gasteiger charge is -2.23. The molecule has 1 aromatic carbocycles. The fraction of sp³-hybridized carbons (Fsp3) is 0.304. The minimum absolute atomic E-state index is 0.0306. The molecule has 4 N–H and O–H groups in total. The number of rotatable bonds is 8. The number of aliphatic hydroxyl groups is 1. The van der Waals surface area contributed by atoms with Crippen LogP contribution in [0, 0.1) is 0 Å². The van der Waals surface area contributed by atoms with Crippen molar-refractivity contribution in [1.29, 1.82) is 0 Å². The lowest BCUT2D eigenvalue weighted by molar-refractivity contribution is -0.127. The number of aromatic nitrogens is 1. The summed E-state index contributed by atoms with van der Waals surface area (Å²) >= 11 is 0. The summed E-state index contributed by atoms with van der Waals surface area (Å²) in [6.07, 6.45) is 6.55. The molecule has 0 spiro atoms. The topological polar surface area (TPSA) is 121 Å². The van der Waals surface area contributed by atoms with Gasteiger partial charge in [0.15, 0.2) is 0 Å². The largest absolute Gasteiger partial charge is 0.396 e. The molecule has 2 aromatic rings. The Hall–Kier alpha value is -3.52. The van der Waals surface area contributed by atoms with Gasteiger partial charge in [-0.05, 0) is 43.2 Å². The minimum Gasteiger partial charge on any atom is -0.396 e. The fourth-order valence-corrected chi connectivity index (χ4v) is 3.36. The lowest BCUT2D eigenvalue weighted by atomic mass is 10.0. The number of carbonyl (C=O) groups is 2. The van der Waals surface area contributed by atoms with Crippen molar-refractivity contribution in [3.63, 3.8) is 0 Å². The SMILES string of the molecule is CCCN(CCCO)C(=O)C1=Cc2ccc(C(=O)Nc3cccnc3)cc2N=C(N)C1. The number of nitrogens with one attached hydrogen (secondary N) is 1. The molecule has 8 nitrogen and oxygen atoms in total. The van der Waals surface area contributed by atoms with E-state index in [0.29, 0.717) is 47.9 Å². The summed E-state index contributed by atoms with van der Waals surface area (Å²) in [4.78, 5) is 35.8. The van der Waals surface area contributed by atoms with Crippen molar-refractivity contribution >= 4 is 35.1 Å². The van der Waals surface area contributed by atoms with E-state index in [2.05, 4.69) is 15.3 Å². The molecular weight excluding hydrogens is 394 g/mol. The number of nitrogens with zero attached hydrogens (tertiary/aromatic N) is 3. The van der Waals surface area contributed by atoms with E-state index < -0.39 is 0 Å². The number of benzene rings is 1. The number of anilines is 1. The highest BCUT2D eigenvalue weighted by molar-refractivity contribution is 6.07. The third kappa shape index (κ3) is 5.76. The minimum atomic E-state index is -0.285. The van der Waals surface area contributed by atoms with Crippen LogP contribution in [0.4, 0.5) is 11.4 Å². The number of aliphatic imine (C=N–C) groups is 1. The van der Waals surface area contributed by atoms with Crippen LogP contribution >= 0.6 is 0 Å². The van der Waals surface area contributed by atoms with Crippen molar-refractivity contribution < 1.29 is 14.7 Å². The van der Waals surface area contributed by atoms with Crippen LogP contribution in [0.25, 0.3) is 6.08 Å². The van der Waals surface area contributed by atoms with Crippen LogP contribution in [-0.2, 0) is 4.79 Å². The van der Waals surface area contributed by atoms with Crippen molar-refractivity contribution in [2.24, 2.45) is 10.7 Å². The van der Waals surface area contributed by atoms with E-state index >= 15 is 0 Å². The van der Waals surface area contributed by atoms with Gasteiger partial charge in [0.1, 0.15) is 5.84 Å². The number of amidine groups is 1. The Morgan fingerprint density at radius 3 is 2.81 bits per heavy atom. The van der Waals surface area contributed by atoms with Crippen LogP contribution in [0.15, 0.2) is 53.3 Å². The number of hydrogen-bond acceptors (Lipinski definition) is 6. The lowest BCUT2D eigenvalue weighted by Crippen LogP contribution is -2.35. The van der Waals surface area contributed by atoms with Crippen molar-refractivity contribution in [3.8, 4) is 0 Å². The first-order chi connectivity index (χ1) is 15.0. The average Bonchev–Trinajstić information content (AvgIpc) is 2.94. The fourth-order valence-electron chi connectivity index (χ4n) is 3.36. The van der Waals surface area contributed by atoms with Crippen LogP contribution in [0.2, 0.25) is 0 Å². The molecule has 162 valence electrons. The molecule has 1 aliphatic heterocycles. The van der Waals surface area contributed by atoms with Gasteiger partial charge in [0.05, 0.1) is 17.6 Å². The first-order valence-electron chi connectivity index (χ1n) is 10.3. The Kier molecular flexibility index (Phi) is 7.50. The third-order valence-electron chi connectivity index (χ3n) is 4.82. The summed E-state index contributed by atoms with van der Waals surface area (Å²) in [5.41, 5.74) is 8.92. The molecule has 0 bridgehead atoms. The zero-order chi connectivity index (χ0) is 22.2. The van der Waals surface area contributed by atoms with Crippen LogP contribution in [0.5, 0.6) is 0 Å². The Labute approximate surface area is 181 Å². The van der Waals surface area contributed by atoms with E-state index in [-0.39, 0.29) is 24.8 Å². The van der Waals surface area contributed by atoms with E-state index in [4.69, 9.17) is 10.8 Å². The van der Waals surface area contributed by atoms with Crippen LogP contribution < -0.4 is 11.1 Å². The van der Waals surface area contributed by atoms with Crippen LogP contribution in [0.3, 0.4) is 0 Å². The molecule has 2 heterocycles. The summed E-state index contributed by atoms with van der Waals surface area (Å²) in [5, 5.41) is 11.9. The van der Waals surface area contributed by atoms with Crippen LogP contribution in [0.1, 0.15) is 42.1 Å². The number of carbonyl (C=O) groups excluding carboxylic acids is 2. The Morgan fingerprint density at radius 1 is 1.26 bits per heavy atom. The first kappa shape index (κ1) is 22.2. The van der Waals surface area contributed by atoms with Gasteiger partial charge < -0.3 is 21.1 Å². The van der Waals surface area contributed by atoms with Crippen molar-refractivity contribution in [3.05, 3.63) is 59.4 Å². The van der Waals surface area contributed by atoms with Gasteiger partial charge in [-0.2, -0.15) is 0 Å². The van der Waals surface area contributed by atoms with Gasteiger partial charge in [-0.25, -0.2) is 4.99 Å². The summed E-state index contributed by atoms with van der Waals surface area (Å²) in [5.74, 6) is -0.0892. The second kappa shape index (κ2) is 10.5. The van der Waals surface area contributed by atoms with E-state index in [1.165, 1.54) is 0 Å². The third-order valence-corrected chi connectivity index (χ3v) is 4.82. The van der Waals surface area contributed by atoms with E-state index in [9.17, 15) is 9.59 Å². The van der Waals surface area contributed by atoms with Crippen molar-refractivity contribution in [1.82, 2.24) is 9.88 Å². The average molecular weight is 422 g/mol. The number of fused-ring (bicyclic) bond motifs is 1. The molecule has 2 amide bonds. The Balaban J connectivity index is 1.86. The van der Waals surface area contributed by atoms with Gasteiger partial charge in [-0.1, -0.05) is 13.0 Å². The highest BCUT2D eigenvalue weighted by Gasteiger charge is 2.21. The molecule has 31 heavy (non-hydrogen) atoms. The molecule has 8 heteroatoms. The van der Waals surface area contributed by atoms with E-state index in [0.717, 1.165) is 12.0 Å². The predicted octanol–water partition coefficient (Wildman–Crippen LogP) is 2.73. The van der Waals surface area contributed by atoms with Gasteiger partial charge in [0.25, 0.3) is 5.91 Å². The molecule has 0 saturated heterocycles. The molecule has 1 aliphatic rings. The number of nitrogens with two attached hydrogens (primary N) is 1. The van der Waals surface area contributed by atoms with Crippen LogP contribution in [-0.4, -0.2) is 52.3 Å². The molecule has 0 aliphatic carbocycles. The quantitative estimate of drug-likeness (QED) is 0.605. The zero-order valence-corrected chi connectivity index (χ0v) is 17.5. The molecule has 0 fully saturated rings. The van der Waals surface area contributed by atoms with E-state index in [1.54, 1.807) is 53.7 Å². The van der Waals surface area contributed by atoms with Gasteiger partial charge in [-0.15, -0.1) is 0 Å². The monoisotopic (exact) mass is 421 g/mol. The smallest absolute Gasteiger partial charge is 0.255 e. The normalized spacial score (nSPS) is 12.8. The standard InChI is InChI=1S/C23H27N5O3/c1-2-9-28(10-4-11-29)23(31)18-12-16-6-7-17(13-20(16)27-21(24)14-18)22(30)26-19-5-3-8-25-15-19/h3,5-8,12-13,15,29H,2,4,9-11,14H2,1H3,(H2,24,27)(H,26,30). The Morgan fingerprint density at radius 2 is 2.10 bits per heavy atom. The Bertz CT molecular complexity index is 1000. The first-order valence-corrected chi connectivity index (χ1v) is 10.3. The summed E-state index contributed by atoms with van der Waals surface area (Å²) < 4.78 is 0. The maximum atomic E-state index is 13.1. The molecule has 3 rings (SSSR count). The molecule has 0 saturated carbocycles. The highest BCUT2D eigenvalue weighted by atomic mass is 16.3. The maximum absolute atomic E-state index is 13.1. The highest BCUT2D eigenvalue weighted by Crippen LogP contribution is 2.28. The molecule has 0 unspecified atom stereocenters. The van der Waals surface area contributed by atoms with Crippen molar-refractivity contribution in [2.75, 3.05) is 25.0 Å². The number of aliphatic hydroxyl groups excluding tert-OH is 1. The van der Waals surface area contributed by atoms with Gasteiger partial charge in [0.2, 0.25) is 5.91 Å². The maximum Gasteiger partial charge on any atom is 0.255 e. The second-order valence-corrected chi connectivity index (χ2v) is 7.29. The predicted molar refractivity (Wildman–Crippen MR) is 121 cm³/mol. The van der Waals surface area contributed by atoms with Gasteiger partial charge in [0, 0.05) is 49.0 Å². The van der Waals surface area contributed by atoms with Crippen molar-refractivity contribution in [2.45, 2.75) is 26.2 Å². The molecule has 0 atom stereocenters. The number of pyridine rings is 1. The summed E-state index contributed by atoms with van der Waals surface area (Å²) in [7, 11) is 0. The molecular formula is C23H27N5O3. The van der Waals surface area contributed by atoms with E-state index in [1.807, 2.05) is 6.92 Å². The zero-order valence-electron chi connectivity index (χ0n) is 17.5. The number of hydrogen-bond donors (Lipinski definition) is 3. The molecule has 1 aromatic heterocycles. The summed E-state index contributed by atoms with van der Waals surface area (Å²) in [6.45, 7) is 3.12. The number of amides is 2. The second-order valence-electron chi connectivity index (χ2n) is 7.29. The summed E-state index contributed by atoms with van der Waals surface area (Å²) in [6, 6.07) is 8.61. The van der Waals surface area contributed by atoms with Gasteiger partial charge in [-0.3, -0.25) is 14.6 Å². The van der Waals surface area contributed by atoms with Gasteiger partial charge >= 0.3 is 0 Å². The molecule has 0 radical (unpaired) electrons.